The van der Waals surface area contributed by atoms with Crippen molar-refractivity contribution in [1.29, 1.82) is 0 Å². The molecule has 23 heavy (non-hydrogen) atoms. The summed E-state index contributed by atoms with van der Waals surface area (Å²) in [7, 11) is 1.56. The summed E-state index contributed by atoms with van der Waals surface area (Å²) in [6, 6.07) is 10.2. The number of methoxy groups -OCH3 is 1. The number of aromatic nitrogens is 5. The third kappa shape index (κ3) is 3.11. The quantitative estimate of drug-likeness (QED) is 0.517. The monoisotopic (exact) mass is 330 g/mol. The maximum Gasteiger partial charge on any atom is 0.287 e. The number of para-hydroxylation sites is 2. The lowest BCUT2D eigenvalue weighted by molar-refractivity contribution is -0.385. The Morgan fingerprint density at radius 3 is 2.78 bits per heavy atom. The van der Waals surface area contributed by atoms with Crippen LogP contribution in [-0.4, -0.2) is 37.2 Å². The number of tetrazole rings is 1. The zero-order valence-corrected chi connectivity index (χ0v) is 12.7. The highest BCUT2D eigenvalue weighted by atomic mass is 32.2. The summed E-state index contributed by atoms with van der Waals surface area (Å²) in [5, 5.41) is 23.2. The summed E-state index contributed by atoms with van der Waals surface area (Å²) >= 11 is 1.19. The molecule has 3 rings (SSSR count). The number of nitrogens with zero attached hydrogens (tertiary/aromatic N) is 6. The molecule has 0 unspecified atom stereocenters. The fourth-order valence-corrected chi connectivity index (χ4v) is 2.56. The first-order valence-electron chi connectivity index (χ1n) is 6.39. The Kier molecular flexibility index (Phi) is 4.15. The van der Waals surface area contributed by atoms with E-state index in [0.29, 0.717) is 21.6 Å². The molecule has 0 N–H and O–H groups in total. The van der Waals surface area contributed by atoms with Crippen molar-refractivity contribution in [1.82, 2.24) is 25.2 Å². The van der Waals surface area contributed by atoms with E-state index in [0.717, 1.165) is 0 Å². The van der Waals surface area contributed by atoms with Crippen molar-refractivity contribution in [3.05, 3.63) is 52.7 Å². The summed E-state index contributed by atoms with van der Waals surface area (Å²) in [4.78, 5) is 14.2. The fourth-order valence-electron chi connectivity index (χ4n) is 1.83. The molecule has 0 fully saturated rings. The largest absolute Gasteiger partial charge is 0.494 e. The molecule has 0 bridgehead atoms. The van der Waals surface area contributed by atoms with Gasteiger partial charge in [0.05, 0.1) is 12.0 Å². The second-order valence-corrected chi connectivity index (χ2v) is 5.25. The van der Waals surface area contributed by atoms with Crippen molar-refractivity contribution in [2.24, 2.45) is 0 Å². The molecule has 0 amide bonds. The molecule has 3 aromatic rings. The maximum absolute atomic E-state index is 10.6. The van der Waals surface area contributed by atoms with Gasteiger partial charge in [0, 0.05) is 6.07 Å². The molecular weight excluding hydrogens is 320 g/mol. The number of pyridine rings is 1. The molecule has 0 aliphatic rings. The van der Waals surface area contributed by atoms with Crippen LogP contribution >= 0.6 is 11.8 Å². The highest BCUT2D eigenvalue weighted by Crippen LogP contribution is 2.29. The van der Waals surface area contributed by atoms with Crippen LogP contribution in [0.5, 0.6) is 5.75 Å². The van der Waals surface area contributed by atoms with Crippen LogP contribution in [0.25, 0.3) is 5.69 Å². The SMILES string of the molecule is COc1ccccc1-n1nnnc1Sc1ccc([N+](=O)[O-])cn1. The highest BCUT2D eigenvalue weighted by Gasteiger charge is 2.15. The molecule has 0 radical (unpaired) electrons. The van der Waals surface area contributed by atoms with Crippen molar-refractivity contribution in [2.45, 2.75) is 10.2 Å². The molecule has 10 heteroatoms. The van der Waals surface area contributed by atoms with Gasteiger partial charge in [0.2, 0.25) is 5.16 Å². The van der Waals surface area contributed by atoms with Crippen LogP contribution in [0.3, 0.4) is 0 Å². The average molecular weight is 330 g/mol. The Bertz CT molecular complexity index is 836. The van der Waals surface area contributed by atoms with Crippen LogP contribution in [0.1, 0.15) is 0 Å². The predicted octanol–water partition coefficient (Wildman–Crippen LogP) is 2.13. The Morgan fingerprint density at radius 2 is 2.09 bits per heavy atom. The number of benzene rings is 1. The molecule has 1 aromatic carbocycles. The Morgan fingerprint density at radius 1 is 1.26 bits per heavy atom. The second kappa shape index (κ2) is 6.40. The van der Waals surface area contributed by atoms with Crippen molar-refractivity contribution in [3.8, 4) is 11.4 Å². The summed E-state index contributed by atoms with van der Waals surface area (Å²) in [6.07, 6.45) is 1.19. The smallest absolute Gasteiger partial charge is 0.287 e. The van der Waals surface area contributed by atoms with Gasteiger partial charge < -0.3 is 4.74 Å². The van der Waals surface area contributed by atoms with Gasteiger partial charge in [-0.15, -0.1) is 5.10 Å². The topological polar surface area (TPSA) is 109 Å². The van der Waals surface area contributed by atoms with Gasteiger partial charge in [-0.1, -0.05) is 12.1 Å². The predicted molar refractivity (Wildman–Crippen MR) is 80.7 cm³/mol. The van der Waals surface area contributed by atoms with E-state index in [1.54, 1.807) is 19.2 Å². The van der Waals surface area contributed by atoms with E-state index in [2.05, 4.69) is 20.5 Å². The van der Waals surface area contributed by atoms with Crippen LogP contribution < -0.4 is 4.74 Å². The van der Waals surface area contributed by atoms with Crippen molar-refractivity contribution in [2.75, 3.05) is 7.11 Å². The number of ether oxygens (including phenoxy) is 1. The molecule has 9 nitrogen and oxygen atoms in total. The highest BCUT2D eigenvalue weighted by molar-refractivity contribution is 7.99. The lowest BCUT2D eigenvalue weighted by Crippen LogP contribution is -2.01. The minimum atomic E-state index is -0.500. The van der Waals surface area contributed by atoms with Gasteiger partial charge in [0.1, 0.15) is 22.7 Å². The molecular formula is C13H10N6O3S. The van der Waals surface area contributed by atoms with Gasteiger partial charge in [0.15, 0.2) is 0 Å². The molecule has 0 atom stereocenters. The van der Waals surface area contributed by atoms with E-state index < -0.39 is 4.92 Å². The van der Waals surface area contributed by atoms with E-state index in [-0.39, 0.29) is 5.69 Å². The minimum absolute atomic E-state index is 0.0707. The molecule has 0 saturated heterocycles. The Balaban J connectivity index is 1.91. The summed E-state index contributed by atoms with van der Waals surface area (Å²) in [5.74, 6) is 0.623. The molecule has 0 aliphatic heterocycles. The first-order valence-corrected chi connectivity index (χ1v) is 7.21. The first-order chi connectivity index (χ1) is 11.2. The third-order valence-electron chi connectivity index (χ3n) is 2.88. The zero-order valence-electron chi connectivity index (χ0n) is 11.9. The molecule has 116 valence electrons. The van der Waals surface area contributed by atoms with E-state index >= 15 is 0 Å². The number of rotatable bonds is 5. The normalized spacial score (nSPS) is 10.5. The average Bonchev–Trinajstić information content (AvgIpc) is 3.03. The molecule has 0 spiro atoms. The van der Waals surface area contributed by atoms with Crippen LogP contribution in [0.2, 0.25) is 0 Å². The first kappa shape index (κ1) is 14.9. The summed E-state index contributed by atoms with van der Waals surface area (Å²) in [5.41, 5.74) is 0.614. The van der Waals surface area contributed by atoms with Gasteiger partial charge in [-0.05, 0) is 40.4 Å². The Labute approximate surface area is 134 Å². The van der Waals surface area contributed by atoms with Crippen LogP contribution in [0.15, 0.2) is 52.8 Å². The summed E-state index contributed by atoms with van der Waals surface area (Å²) < 4.78 is 6.82. The Hall–Kier alpha value is -3.01. The fraction of sp³-hybridized carbons (Fsp3) is 0.0769. The molecule has 0 saturated carbocycles. The maximum atomic E-state index is 10.6. The van der Waals surface area contributed by atoms with Crippen LogP contribution in [-0.2, 0) is 0 Å². The van der Waals surface area contributed by atoms with Gasteiger partial charge in [-0.25, -0.2) is 4.98 Å². The van der Waals surface area contributed by atoms with Crippen molar-refractivity contribution in [3.63, 3.8) is 0 Å². The van der Waals surface area contributed by atoms with Crippen molar-refractivity contribution >= 4 is 17.4 Å². The third-order valence-corrected chi connectivity index (χ3v) is 3.77. The number of nitro groups is 1. The number of hydrogen-bond acceptors (Lipinski definition) is 8. The van der Waals surface area contributed by atoms with E-state index in [1.807, 2.05) is 18.2 Å². The van der Waals surface area contributed by atoms with Crippen molar-refractivity contribution < 1.29 is 9.66 Å². The summed E-state index contributed by atoms with van der Waals surface area (Å²) in [6.45, 7) is 0. The standard InChI is InChI=1S/C13H10N6O3S/c1-22-11-5-3-2-4-10(11)18-13(15-16-17-18)23-12-7-6-9(8-14-12)19(20)21/h2-8H,1H3. The molecule has 2 aromatic heterocycles. The lowest BCUT2D eigenvalue weighted by atomic mass is 10.3. The molecule has 2 heterocycles. The van der Waals surface area contributed by atoms with Gasteiger partial charge in [-0.3, -0.25) is 10.1 Å². The zero-order chi connectivity index (χ0) is 16.2. The lowest BCUT2D eigenvalue weighted by Gasteiger charge is -2.08. The van der Waals surface area contributed by atoms with Gasteiger partial charge >= 0.3 is 0 Å². The van der Waals surface area contributed by atoms with E-state index in [1.165, 1.54) is 28.7 Å². The van der Waals surface area contributed by atoms with E-state index in [9.17, 15) is 10.1 Å². The van der Waals surface area contributed by atoms with Crippen LogP contribution in [0.4, 0.5) is 5.69 Å². The van der Waals surface area contributed by atoms with Gasteiger partial charge in [0.25, 0.3) is 5.69 Å². The van der Waals surface area contributed by atoms with Gasteiger partial charge in [-0.2, -0.15) is 4.68 Å². The molecule has 0 aliphatic carbocycles. The van der Waals surface area contributed by atoms with E-state index in [4.69, 9.17) is 4.74 Å². The minimum Gasteiger partial charge on any atom is -0.494 e. The van der Waals surface area contributed by atoms with Crippen LogP contribution in [0, 0.1) is 10.1 Å². The second-order valence-electron chi connectivity index (χ2n) is 4.26. The number of hydrogen-bond donors (Lipinski definition) is 0.